The zero-order valence-electron chi connectivity index (χ0n) is 16.6. The summed E-state index contributed by atoms with van der Waals surface area (Å²) in [4.78, 5) is 13.1. The molecule has 4 aromatic rings. The van der Waals surface area contributed by atoms with E-state index in [1.54, 1.807) is 4.68 Å². The first-order chi connectivity index (χ1) is 14.0. The molecular formula is C24H22ClN3O. The molecule has 5 heteroatoms. The van der Waals surface area contributed by atoms with E-state index in [2.05, 4.69) is 5.32 Å². The van der Waals surface area contributed by atoms with Crippen LogP contribution in [0.3, 0.4) is 0 Å². The molecule has 4 nitrogen and oxygen atoms in total. The van der Waals surface area contributed by atoms with E-state index in [0.29, 0.717) is 5.02 Å². The quantitative estimate of drug-likeness (QED) is 0.442. The first-order valence-electron chi connectivity index (χ1n) is 9.56. The third-order valence-electron chi connectivity index (χ3n) is 5.19. The normalized spacial score (nSPS) is 12.1. The summed E-state index contributed by atoms with van der Waals surface area (Å²) >= 11 is 6.26. The molecular weight excluding hydrogens is 382 g/mol. The van der Waals surface area contributed by atoms with Crippen LogP contribution in [0.4, 0.5) is 5.69 Å². The van der Waals surface area contributed by atoms with Crippen LogP contribution in [0.15, 0.2) is 66.7 Å². The summed E-state index contributed by atoms with van der Waals surface area (Å²) in [6.07, 6.45) is 0. The smallest absolute Gasteiger partial charge is 0.248 e. The number of amides is 1. The highest BCUT2D eigenvalue weighted by Crippen LogP contribution is 2.32. The topological polar surface area (TPSA) is 46.9 Å². The predicted octanol–water partition coefficient (Wildman–Crippen LogP) is 6.17. The minimum absolute atomic E-state index is 0.110. The maximum absolute atomic E-state index is 13.1. The standard InChI is InChI=1S/C24H22ClN3O/c1-15-8-7-9-16(2)22(15)26-24(29)17(3)28-21-13-12-19(25)14-20(21)23(27-28)18-10-5-4-6-11-18/h4-14,17H,1-3H3,(H,26,29)/t17-/m1/s1. The third kappa shape index (κ3) is 3.64. The molecule has 0 saturated heterocycles. The largest absolute Gasteiger partial charge is 0.324 e. The highest BCUT2D eigenvalue weighted by atomic mass is 35.5. The SMILES string of the molecule is Cc1cccc(C)c1NC(=O)[C@@H](C)n1nc(-c2ccccc2)c2cc(Cl)ccc21. The lowest BCUT2D eigenvalue weighted by atomic mass is 10.1. The average Bonchev–Trinajstić information content (AvgIpc) is 3.09. The number of carbonyl (C=O) groups is 1. The summed E-state index contributed by atoms with van der Waals surface area (Å²) in [5.41, 5.74) is 5.60. The maximum Gasteiger partial charge on any atom is 0.248 e. The van der Waals surface area contributed by atoms with Gasteiger partial charge in [-0.05, 0) is 50.1 Å². The molecule has 0 aliphatic heterocycles. The second-order valence-electron chi connectivity index (χ2n) is 7.25. The van der Waals surface area contributed by atoms with Crippen LogP contribution in [0.1, 0.15) is 24.1 Å². The minimum atomic E-state index is -0.491. The Balaban J connectivity index is 1.76. The van der Waals surface area contributed by atoms with E-state index in [1.165, 1.54) is 0 Å². The molecule has 0 aliphatic carbocycles. The summed E-state index contributed by atoms with van der Waals surface area (Å²) in [5.74, 6) is -0.110. The van der Waals surface area contributed by atoms with Gasteiger partial charge in [0.15, 0.2) is 0 Å². The Labute approximate surface area is 175 Å². The number of anilines is 1. The van der Waals surface area contributed by atoms with E-state index < -0.39 is 6.04 Å². The van der Waals surface area contributed by atoms with Gasteiger partial charge in [-0.25, -0.2) is 0 Å². The summed E-state index contributed by atoms with van der Waals surface area (Å²) in [7, 11) is 0. The van der Waals surface area contributed by atoms with Crippen molar-refractivity contribution in [2.45, 2.75) is 26.8 Å². The Morgan fingerprint density at radius 1 is 1.00 bits per heavy atom. The number of para-hydroxylation sites is 1. The van der Waals surface area contributed by atoms with Crippen LogP contribution in [0.2, 0.25) is 5.02 Å². The van der Waals surface area contributed by atoms with Crippen molar-refractivity contribution in [2.24, 2.45) is 0 Å². The molecule has 0 spiro atoms. The number of rotatable bonds is 4. The highest BCUT2D eigenvalue weighted by Gasteiger charge is 2.22. The van der Waals surface area contributed by atoms with Gasteiger partial charge in [0.25, 0.3) is 0 Å². The maximum atomic E-state index is 13.1. The lowest BCUT2D eigenvalue weighted by molar-refractivity contribution is -0.119. The number of fused-ring (bicyclic) bond motifs is 1. The lowest BCUT2D eigenvalue weighted by Gasteiger charge is -2.16. The first kappa shape index (κ1) is 19.2. The van der Waals surface area contributed by atoms with Gasteiger partial charge in [0.2, 0.25) is 5.91 Å². The Morgan fingerprint density at radius 3 is 2.38 bits per heavy atom. The molecule has 1 N–H and O–H groups in total. The molecule has 1 heterocycles. The van der Waals surface area contributed by atoms with Crippen LogP contribution >= 0.6 is 11.6 Å². The average molecular weight is 404 g/mol. The molecule has 0 radical (unpaired) electrons. The van der Waals surface area contributed by atoms with Gasteiger partial charge >= 0.3 is 0 Å². The monoisotopic (exact) mass is 403 g/mol. The first-order valence-corrected chi connectivity index (χ1v) is 9.94. The van der Waals surface area contributed by atoms with Crippen molar-refractivity contribution in [2.75, 3.05) is 5.32 Å². The van der Waals surface area contributed by atoms with E-state index in [0.717, 1.165) is 39.0 Å². The summed E-state index contributed by atoms with van der Waals surface area (Å²) < 4.78 is 1.77. The Bertz CT molecular complexity index is 1180. The Hall–Kier alpha value is -3.11. The van der Waals surface area contributed by atoms with Crippen molar-refractivity contribution in [3.05, 3.63) is 82.9 Å². The number of nitrogens with one attached hydrogen (secondary N) is 1. The molecule has 3 aromatic carbocycles. The summed E-state index contributed by atoms with van der Waals surface area (Å²) in [5, 5.41) is 9.45. The lowest BCUT2D eigenvalue weighted by Crippen LogP contribution is -2.25. The minimum Gasteiger partial charge on any atom is -0.324 e. The van der Waals surface area contributed by atoms with Crippen LogP contribution in [0.25, 0.3) is 22.2 Å². The van der Waals surface area contributed by atoms with Crippen molar-refractivity contribution < 1.29 is 4.79 Å². The second kappa shape index (κ2) is 7.72. The summed E-state index contributed by atoms with van der Waals surface area (Å²) in [6.45, 7) is 5.84. The number of hydrogen-bond acceptors (Lipinski definition) is 2. The van der Waals surface area contributed by atoms with Gasteiger partial charge in [-0.1, -0.05) is 60.1 Å². The van der Waals surface area contributed by atoms with Crippen LogP contribution in [0.5, 0.6) is 0 Å². The second-order valence-corrected chi connectivity index (χ2v) is 7.69. The van der Waals surface area contributed by atoms with Gasteiger partial charge in [0, 0.05) is 21.7 Å². The van der Waals surface area contributed by atoms with Crippen molar-refractivity contribution in [3.63, 3.8) is 0 Å². The van der Waals surface area contributed by atoms with Crippen LogP contribution in [0, 0.1) is 13.8 Å². The fourth-order valence-electron chi connectivity index (χ4n) is 3.57. The Kier molecular flexibility index (Phi) is 5.12. The van der Waals surface area contributed by atoms with E-state index >= 15 is 0 Å². The van der Waals surface area contributed by atoms with E-state index in [4.69, 9.17) is 16.7 Å². The number of hydrogen-bond donors (Lipinski definition) is 1. The molecule has 0 fully saturated rings. The van der Waals surface area contributed by atoms with Crippen molar-refractivity contribution in [1.82, 2.24) is 9.78 Å². The van der Waals surface area contributed by atoms with Gasteiger partial charge in [0.1, 0.15) is 11.7 Å². The number of halogens is 1. The fourth-order valence-corrected chi connectivity index (χ4v) is 3.74. The molecule has 0 unspecified atom stereocenters. The van der Waals surface area contributed by atoms with E-state index in [9.17, 15) is 4.79 Å². The van der Waals surface area contributed by atoms with E-state index in [-0.39, 0.29) is 5.91 Å². The van der Waals surface area contributed by atoms with Crippen LogP contribution in [-0.4, -0.2) is 15.7 Å². The highest BCUT2D eigenvalue weighted by molar-refractivity contribution is 6.31. The van der Waals surface area contributed by atoms with Gasteiger partial charge < -0.3 is 5.32 Å². The van der Waals surface area contributed by atoms with E-state index in [1.807, 2.05) is 87.5 Å². The Morgan fingerprint density at radius 2 is 1.69 bits per heavy atom. The van der Waals surface area contributed by atoms with Gasteiger partial charge in [-0.2, -0.15) is 5.10 Å². The third-order valence-corrected chi connectivity index (χ3v) is 5.43. The van der Waals surface area contributed by atoms with Gasteiger partial charge in [-0.3, -0.25) is 9.48 Å². The summed E-state index contributed by atoms with van der Waals surface area (Å²) in [6, 6.07) is 21.1. The molecule has 0 aliphatic rings. The number of nitrogens with zero attached hydrogens (tertiary/aromatic N) is 2. The zero-order valence-corrected chi connectivity index (χ0v) is 17.4. The molecule has 0 saturated carbocycles. The van der Waals surface area contributed by atoms with Crippen LogP contribution < -0.4 is 5.32 Å². The fraction of sp³-hybridized carbons (Fsp3) is 0.167. The van der Waals surface area contributed by atoms with Gasteiger partial charge in [-0.15, -0.1) is 0 Å². The molecule has 4 rings (SSSR count). The predicted molar refractivity (Wildman–Crippen MR) is 119 cm³/mol. The zero-order chi connectivity index (χ0) is 20.5. The van der Waals surface area contributed by atoms with Gasteiger partial charge in [0.05, 0.1) is 5.52 Å². The van der Waals surface area contributed by atoms with Crippen molar-refractivity contribution in [3.8, 4) is 11.3 Å². The number of aromatic nitrogens is 2. The molecule has 1 atom stereocenters. The molecule has 1 amide bonds. The van der Waals surface area contributed by atoms with Crippen molar-refractivity contribution in [1.29, 1.82) is 0 Å². The number of benzene rings is 3. The molecule has 0 bridgehead atoms. The molecule has 1 aromatic heterocycles. The molecule has 146 valence electrons. The number of carbonyl (C=O) groups excluding carboxylic acids is 1. The number of aryl methyl sites for hydroxylation is 2. The van der Waals surface area contributed by atoms with Crippen LogP contribution in [-0.2, 0) is 4.79 Å². The van der Waals surface area contributed by atoms with Crippen molar-refractivity contribution >= 4 is 34.1 Å². The molecule has 29 heavy (non-hydrogen) atoms.